The molecule has 0 aliphatic carbocycles. The summed E-state index contributed by atoms with van der Waals surface area (Å²) < 4.78 is 27.7. The van der Waals surface area contributed by atoms with Crippen LogP contribution in [0.15, 0.2) is 27.6 Å². The summed E-state index contributed by atoms with van der Waals surface area (Å²) in [6.45, 7) is 9.01. The second-order valence-corrected chi connectivity index (χ2v) is 7.67. The van der Waals surface area contributed by atoms with E-state index in [2.05, 4.69) is 29.8 Å². The Kier molecular flexibility index (Phi) is 6.02. The summed E-state index contributed by atoms with van der Waals surface area (Å²) in [6, 6.07) is 5.17. The molecule has 0 bridgehead atoms. The van der Waals surface area contributed by atoms with Gasteiger partial charge in [-0.25, -0.2) is 8.42 Å². The minimum atomic E-state index is -3.38. The van der Waals surface area contributed by atoms with E-state index in [9.17, 15) is 8.42 Å². The van der Waals surface area contributed by atoms with Crippen molar-refractivity contribution in [1.82, 2.24) is 4.31 Å². The van der Waals surface area contributed by atoms with Crippen molar-refractivity contribution in [3.63, 3.8) is 0 Å². The average molecular weight is 348 g/mol. The number of rotatable bonds is 6. The zero-order valence-electron chi connectivity index (χ0n) is 12.0. The summed E-state index contributed by atoms with van der Waals surface area (Å²) in [5, 5.41) is 0. The predicted molar refractivity (Wildman–Crippen MR) is 82.8 cm³/mol. The van der Waals surface area contributed by atoms with E-state index >= 15 is 0 Å². The Labute approximate surface area is 125 Å². The Morgan fingerprint density at radius 3 is 2.42 bits per heavy atom. The molecule has 1 aromatic rings. The lowest BCUT2D eigenvalue weighted by Crippen LogP contribution is -2.34. The van der Waals surface area contributed by atoms with Crippen molar-refractivity contribution in [2.75, 3.05) is 13.1 Å². The maximum absolute atomic E-state index is 12.6. The Balaban J connectivity index is 3.09. The molecule has 1 rings (SSSR count). The zero-order chi connectivity index (χ0) is 14.6. The molecule has 3 nitrogen and oxygen atoms in total. The highest BCUT2D eigenvalue weighted by Gasteiger charge is 2.24. The third kappa shape index (κ3) is 4.04. The average Bonchev–Trinajstić information content (AvgIpc) is 2.38. The van der Waals surface area contributed by atoms with E-state index in [1.807, 2.05) is 13.8 Å². The third-order valence-electron chi connectivity index (χ3n) is 3.33. The van der Waals surface area contributed by atoms with Gasteiger partial charge in [0.2, 0.25) is 10.0 Å². The molecular formula is C14H22BrNO2S. The predicted octanol–water partition coefficient (Wildman–Crippen LogP) is 3.81. The smallest absolute Gasteiger partial charge is 0.207 e. The van der Waals surface area contributed by atoms with Crippen LogP contribution in [0.2, 0.25) is 0 Å². The van der Waals surface area contributed by atoms with Gasteiger partial charge in [0.25, 0.3) is 0 Å². The number of aryl methyl sites for hydroxylation is 1. The molecule has 0 fully saturated rings. The summed E-state index contributed by atoms with van der Waals surface area (Å²) in [6.07, 6.45) is 0.978. The summed E-state index contributed by atoms with van der Waals surface area (Å²) in [5.41, 5.74) is 0.931. The molecule has 0 radical (unpaired) electrons. The van der Waals surface area contributed by atoms with Crippen LogP contribution in [0.25, 0.3) is 0 Å². The van der Waals surface area contributed by atoms with Crippen molar-refractivity contribution in [3.05, 3.63) is 28.2 Å². The molecule has 1 aromatic carbocycles. The van der Waals surface area contributed by atoms with Crippen molar-refractivity contribution >= 4 is 26.0 Å². The number of hydrogen-bond donors (Lipinski definition) is 0. The number of nitrogens with zero attached hydrogens (tertiary/aromatic N) is 1. The lowest BCUT2D eigenvalue weighted by atomic mass is 10.1. The molecule has 108 valence electrons. The first-order chi connectivity index (χ1) is 8.82. The number of sulfonamides is 1. The van der Waals surface area contributed by atoms with Crippen LogP contribution in [0.1, 0.15) is 32.8 Å². The van der Waals surface area contributed by atoms with Crippen LogP contribution in [-0.4, -0.2) is 25.8 Å². The van der Waals surface area contributed by atoms with E-state index in [-0.39, 0.29) is 0 Å². The number of hydrogen-bond acceptors (Lipinski definition) is 2. The lowest BCUT2D eigenvalue weighted by Gasteiger charge is -2.23. The maximum Gasteiger partial charge on any atom is 0.243 e. The number of benzene rings is 1. The summed E-state index contributed by atoms with van der Waals surface area (Å²) in [4.78, 5) is 0.373. The maximum atomic E-state index is 12.6. The number of halogens is 1. The molecule has 0 N–H and O–H groups in total. The van der Waals surface area contributed by atoms with Crippen molar-refractivity contribution in [1.29, 1.82) is 0 Å². The van der Waals surface area contributed by atoms with E-state index < -0.39 is 10.0 Å². The van der Waals surface area contributed by atoms with Crippen LogP contribution in [0, 0.1) is 12.8 Å². The zero-order valence-corrected chi connectivity index (χ0v) is 14.4. The van der Waals surface area contributed by atoms with Crippen LogP contribution in [0.5, 0.6) is 0 Å². The molecule has 0 heterocycles. The van der Waals surface area contributed by atoms with Crippen LogP contribution in [-0.2, 0) is 10.0 Å². The monoisotopic (exact) mass is 347 g/mol. The highest BCUT2D eigenvalue weighted by molar-refractivity contribution is 9.10. The molecule has 5 heteroatoms. The first-order valence-electron chi connectivity index (χ1n) is 6.59. The first-order valence-corrected chi connectivity index (χ1v) is 8.82. The molecule has 0 aliphatic rings. The Morgan fingerprint density at radius 1 is 1.32 bits per heavy atom. The molecule has 0 aromatic heterocycles. The van der Waals surface area contributed by atoms with Gasteiger partial charge in [-0.15, -0.1) is 0 Å². The van der Waals surface area contributed by atoms with E-state index in [0.29, 0.717) is 23.9 Å². The second kappa shape index (κ2) is 6.86. The van der Waals surface area contributed by atoms with E-state index in [1.54, 1.807) is 22.5 Å². The third-order valence-corrected chi connectivity index (χ3v) is 6.16. The Hall–Kier alpha value is -0.390. The highest BCUT2D eigenvalue weighted by Crippen LogP contribution is 2.23. The standard InChI is InChI=1S/C14H22BrNO2S/c1-5-11(3)10-16(6-2)19(17,18)13-7-8-14(15)12(4)9-13/h7-9,11H,5-6,10H2,1-4H3. The van der Waals surface area contributed by atoms with Crippen LogP contribution >= 0.6 is 15.9 Å². The molecular weight excluding hydrogens is 326 g/mol. The van der Waals surface area contributed by atoms with Crippen molar-refractivity contribution < 1.29 is 8.42 Å². The van der Waals surface area contributed by atoms with Gasteiger partial charge in [-0.1, -0.05) is 43.1 Å². The van der Waals surface area contributed by atoms with Gasteiger partial charge in [0.05, 0.1) is 4.90 Å². The molecule has 1 atom stereocenters. The van der Waals surface area contributed by atoms with Crippen LogP contribution in [0.4, 0.5) is 0 Å². The van der Waals surface area contributed by atoms with E-state index in [0.717, 1.165) is 16.5 Å². The topological polar surface area (TPSA) is 37.4 Å². The van der Waals surface area contributed by atoms with Crippen molar-refractivity contribution in [3.8, 4) is 0 Å². The van der Waals surface area contributed by atoms with Gasteiger partial charge in [0.15, 0.2) is 0 Å². The van der Waals surface area contributed by atoms with Gasteiger partial charge in [-0.2, -0.15) is 4.31 Å². The van der Waals surface area contributed by atoms with Gasteiger partial charge in [0, 0.05) is 17.6 Å². The quantitative estimate of drug-likeness (QED) is 0.784. The summed E-state index contributed by atoms with van der Waals surface area (Å²) in [7, 11) is -3.38. The van der Waals surface area contributed by atoms with Gasteiger partial charge >= 0.3 is 0 Å². The fourth-order valence-corrected chi connectivity index (χ4v) is 3.70. The Morgan fingerprint density at radius 2 is 1.95 bits per heavy atom. The normalized spacial score (nSPS) is 13.8. The van der Waals surface area contributed by atoms with Crippen LogP contribution < -0.4 is 0 Å². The molecule has 1 unspecified atom stereocenters. The molecule has 0 aliphatic heterocycles. The van der Waals surface area contributed by atoms with Crippen molar-refractivity contribution in [2.24, 2.45) is 5.92 Å². The summed E-state index contributed by atoms with van der Waals surface area (Å²) >= 11 is 3.39. The minimum absolute atomic E-state index is 0.367. The Bertz CT molecular complexity index is 528. The molecule has 0 amide bonds. The lowest BCUT2D eigenvalue weighted by molar-refractivity contribution is 0.361. The van der Waals surface area contributed by atoms with Gasteiger partial charge in [0.1, 0.15) is 0 Å². The van der Waals surface area contributed by atoms with Gasteiger partial charge < -0.3 is 0 Å². The SMILES string of the molecule is CCC(C)CN(CC)S(=O)(=O)c1ccc(Br)c(C)c1. The fourth-order valence-electron chi connectivity index (χ4n) is 1.80. The van der Waals surface area contributed by atoms with E-state index in [1.165, 1.54) is 0 Å². The van der Waals surface area contributed by atoms with Gasteiger partial charge in [-0.05, 0) is 36.6 Å². The minimum Gasteiger partial charge on any atom is -0.207 e. The first kappa shape index (κ1) is 16.7. The molecule has 19 heavy (non-hydrogen) atoms. The second-order valence-electron chi connectivity index (χ2n) is 4.88. The largest absolute Gasteiger partial charge is 0.243 e. The van der Waals surface area contributed by atoms with Gasteiger partial charge in [-0.3, -0.25) is 0 Å². The van der Waals surface area contributed by atoms with Crippen molar-refractivity contribution in [2.45, 2.75) is 39.0 Å². The molecule has 0 saturated heterocycles. The van der Waals surface area contributed by atoms with Crippen LogP contribution in [0.3, 0.4) is 0 Å². The fraction of sp³-hybridized carbons (Fsp3) is 0.571. The van der Waals surface area contributed by atoms with E-state index in [4.69, 9.17) is 0 Å². The molecule has 0 saturated carbocycles. The molecule has 0 spiro atoms. The highest BCUT2D eigenvalue weighted by atomic mass is 79.9. The summed E-state index contributed by atoms with van der Waals surface area (Å²) in [5.74, 6) is 0.367.